The SMILES string of the molecule is [2H]c1c([2H])c([2H])c2c(-c3ccc4cc(-c5ccccc5)ccc4c3)c3c([2H])c([2H])c([2H])c([2H])c3c(-c3cccc(-c4ccccc4)c3)c2c1[2H]. The Labute approximate surface area is 257 Å². The van der Waals surface area contributed by atoms with Gasteiger partial charge in [-0.1, -0.05) is 151 Å². The van der Waals surface area contributed by atoms with Crippen molar-refractivity contribution < 1.29 is 11.0 Å². The van der Waals surface area contributed by atoms with Gasteiger partial charge in [0, 0.05) is 0 Å². The maximum atomic E-state index is 9.25. The smallest absolute Gasteiger partial charge is 0.0622 e. The minimum absolute atomic E-state index is 0.202. The molecule has 8 aromatic rings. The van der Waals surface area contributed by atoms with E-state index < -0.39 is 24.2 Å². The summed E-state index contributed by atoms with van der Waals surface area (Å²) < 4.78 is 71.8. The van der Waals surface area contributed by atoms with Gasteiger partial charge in [0.25, 0.3) is 0 Å². The normalized spacial score (nSPS) is 14.0. The molecule has 0 aromatic heterocycles. The van der Waals surface area contributed by atoms with Crippen molar-refractivity contribution in [1.29, 1.82) is 0 Å². The van der Waals surface area contributed by atoms with Crippen molar-refractivity contribution in [3.8, 4) is 44.5 Å². The Balaban J connectivity index is 1.53. The molecule has 0 saturated carbocycles. The van der Waals surface area contributed by atoms with Crippen molar-refractivity contribution >= 4 is 32.3 Å². The fourth-order valence-electron chi connectivity index (χ4n) is 5.90. The fourth-order valence-corrected chi connectivity index (χ4v) is 5.90. The van der Waals surface area contributed by atoms with Gasteiger partial charge in [-0.15, -0.1) is 0 Å². The van der Waals surface area contributed by atoms with Crippen LogP contribution in [0.2, 0.25) is 0 Å². The fraction of sp³-hybridized carbons (Fsp3) is 0. The maximum Gasteiger partial charge on any atom is 0.0629 e. The first-order chi connectivity index (χ1) is 24.2. The molecule has 0 bridgehead atoms. The minimum Gasteiger partial charge on any atom is -0.0622 e. The van der Waals surface area contributed by atoms with Crippen LogP contribution in [0, 0.1) is 0 Å². The second-order valence-corrected chi connectivity index (χ2v) is 10.3. The van der Waals surface area contributed by atoms with E-state index in [-0.39, 0.29) is 45.7 Å². The second-order valence-electron chi connectivity index (χ2n) is 10.3. The molecule has 0 aliphatic carbocycles. The Morgan fingerprint density at radius 1 is 0.310 bits per heavy atom. The number of benzene rings is 8. The van der Waals surface area contributed by atoms with Crippen molar-refractivity contribution in [3.05, 3.63) is 170 Å². The third kappa shape index (κ3) is 4.17. The number of rotatable bonds is 4. The van der Waals surface area contributed by atoms with Gasteiger partial charge >= 0.3 is 0 Å². The van der Waals surface area contributed by atoms with Gasteiger partial charge < -0.3 is 0 Å². The largest absolute Gasteiger partial charge is 0.0629 e. The molecule has 0 aliphatic heterocycles. The Hall–Kier alpha value is -5.46. The van der Waals surface area contributed by atoms with Crippen molar-refractivity contribution in [2.45, 2.75) is 0 Å². The predicted molar refractivity (Wildman–Crippen MR) is 181 cm³/mol. The van der Waals surface area contributed by atoms with Crippen LogP contribution in [0.3, 0.4) is 0 Å². The van der Waals surface area contributed by atoms with E-state index in [4.69, 9.17) is 5.48 Å². The van der Waals surface area contributed by atoms with Gasteiger partial charge in [0.15, 0.2) is 0 Å². The molecule has 0 atom stereocenters. The van der Waals surface area contributed by atoms with Crippen LogP contribution in [0.1, 0.15) is 11.0 Å². The Morgan fingerprint density at radius 2 is 0.690 bits per heavy atom. The van der Waals surface area contributed by atoms with E-state index in [1.165, 1.54) is 0 Å². The van der Waals surface area contributed by atoms with E-state index in [9.17, 15) is 5.48 Å². The van der Waals surface area contributed by atoms with Crippen LogP contribution in [0.25, 0.3) is 76.8 Å². The lowest BCUT2D eigenvalue weighted by Crippen LogP contribution is -1.91. The monoisotopic (exact) mass is 540 g/mol. The van der Waals surface area contributed by atoms with E-state index >= 15 is 0 Å². The molecule has 8 rings (SSSR count). The highest BCUT2D eigenvalue weighted by molar-refractivity contribution is 6.21. The first-order valence-corrected chi connectivity index (χ1v) is 13.9. The van der Waals surface area contributed by atoms with E-state index in [0.29, 0.717) is 22.3 Å². The van der Waals surface area contributed by atoms with Crippen molar-refractivity contribution in [2.24, 2.45) is 0 Å². The van der Waals surface area contributed by atoms with Crippen LogP contribution in [0.15, 0.2) is 170 Å². The zero-order valence-corrected chi connectivity index (χ0v) is 22.5. The van der Waals surface area contributed by atoms with Crippen LogP contribution in [-0.4, -0.2) is 0 Å². The highest BCUT2D eigenvalue weighted by Crippen LogP contribution is 2.44. The summed E-state index contributed by atoms with van der Waals surface area (Å²) in [6, 6.07) is 36.4. The summed E-state index contributed by atoms with van der Waals surface area (Å²) in [6.45, 7) is 0. The standard InChI is InChI=1S/C42H28/c1-3-12-29(13-4-1)31-16-11-17-35(27-31)41-37-18-7-9-20-39(37)42(40-21-10-8-19-38(40)41)36-25-24-33-26-32(22-23-34(33)28-36)30-14-5-2-6-15-30/h1-28H/i7D,8D,9D,10D,18D,19D,20D,21D. The molecule has 0 amide bonds. The second kappa shape index (κ2) is 10.2. The molecular weight excluding hydrogens is 504 g/mol. The Bertz CT molecular complexity index is 2590. The molecule has 196 valence electrons. The van der Waals surface area contributed by atoms with Crippen molar-refractivity contribution in [1.82, 2.24) is 0 Å². The van der Waals surface area contributed by atoms with E-state index in [2.05, 4.69) is 6.07 Å². The number of hydrogen-bond acceptors (Lipinski definition) is 0. The lowest BCUT2D eigenvalue weighted by molar-refractivity contribution is 1.61. The zero-order chi connectivity index (χ0) is 34.8. The number of fused-ring (bicyclic) bond motifs is 3. The summed E-state index contributed by atoms with van der Waals surface area (Å²) >= 11 is 0. The summed E-state index contributed by atoms with van der Waals surface area (Å²) in [4.78, 5) is 0. The van der Waals surface area contributed by atoms with E-state index in [1.807, 2.05) is 115 Å². The van der Waals surface area contributed by atoms with Crippen LogP contribution in [0.4, 0.5) is 0 Å². The third-order valence-electron chi connectivity index (χ3n) is 7.87. The lowest BCUT2D eigenvalue weighted by atomic mass is 9.85. The van der Waals surface area contributed by atoms with E-state index in [0.717, 1.165) is 33.0 Å². The molecule has 0 radical (unpaired) electrons. The average Bonchev–Trinajstić information content (AvgIpc) is 3.16. The maximum absolute atomic E-state index is 9.25. The summed E-state index contributed by atoms with van der Waals surface area (Å²) in [6.07, 6.45) is 0. The molecule has 0 unspecified atom stereocenters. The molecule has 0 fully saturated rings. The van der Waals surface area contributed by atoms with E-state index in [1.54, 1.807) is 0 Å². The first-order valence-electron chi connectivity index (χ1n) is 17.9. The summed E-state index contributed by atoms with van der Waals surface area (Å²) in [7, 11) is 0. The van der Waals surface area contributed by atoms with Crippen LogP contribution >= 0.6 is 0 Å². The van der Waals surface area contributed by atoms with Gasteiger partial charge in [-0.25, -0.2) is 0 Å². The topological polar surface area (TPSA) is 0 Å². The molecular formula is C42H28. The van der Waals surface area contributed by atoms with Gasteiger partial charge in [-0.05, 0) is 95.0 Å². The Morgan fingerprint density at radius 3 is 1.21 bits per heavy atom. The summed E-state index contributed by atoms with van der Waals surface area (Å²) in [5.74, 6) is 0. The summed E-state index contributed by atoms with van der Waals surface area (Å²) in [5.41, 5.74) is 5.76. The number of hydrogen-bond donors (Lipinski definition) is 0. The lowest BCUT2D eigenvalue weighted by Gasteiger charge is -2.18. The Kier molecular flexibility index (Phi) is 4.21. The molecule has 8 aromatic carbocycles. The zero-order valence-electron chi connectivity index (χ0n) is 30.5. The molecule has 0 aliphatic rings. The molecule has 0 heteroatoms. The predicted octanol–water partition coefficient (Wildman–Crippen LogP) is 11.8. The van der Waals surface area contributed by atoms with Gasteiger partial charge in [0.2, 0.25) is 0 Å². The highest BCUT2D eigenvalue weighted by atomic mass is 14.2. The van der Waals surface area contributed by atoms with Gasteiger partial charge in [0.05, 0.1) is 11.0 Å². The van der Waals surface area contributed by atoms with Gasteiger partial charge in [-0.2, -0.15) is 0 Å². The molecule has 0 heterocycles. The molecule has 0 N–H and O–H groups in total. The van der Waals surface area contributed by atoms with Crippen molar-refractivity contribution in [3.63, 3.8) is 0 Å². The van der Waals surface area contributed by atoms with Gasteiger partial charge in [-0.3, -0.25) is 0 Å². The third-order valence-corrected chi connectivity index (χ3v) is 7.87. The van der Waals surface area contributed by atoms with Crippen LogP contribution in [0.5, 0.6) is 0 Å². The molecule has 42 heavy (non-hydrogen) atoms. The van der Waals surface area contributed by atoms with Crippen LogP contribution in [-0.2, 0) is 0 Å². The average molecular weight is 541 g/mol. The molecule has 0 nitrogen and oxygen atoms in total. The minimum atomic E-state index is -0.416. The van der Waals surface area contributed by atoms with Gasteiger partial charge in [0.1, 0.15) is 0 Å². The molecule has 0 spiro atoms. The molecule has 0 saturated heterocycles. The summed E-state index contributed by atoms with van der Waals surface area (Å²) in [5, 5.41) is 2.65. The first kappa shape index (κ1) is 17.4. The highest BCUT2D eigenvalue weighted by Gasteiger charge is 2.17. The van der Waals surface area contributed by atoms with Crippen molar-refractivity contribution in [2.75, 3.05) is 0 Å². The van der Waals surface area contributed by atoms with Crippen LogP contribution < -0.4 is 0 Å². The quantitative estimate of drug-likeness (QED) is 0.195.